The highest BCUT2D eigenvalue weighted by atomic mass is 19.1. The molecule has 2 fully saturated rings. The molecular formula is C15H19FN2O. The van der Waals surface area contributed by atoms with E-state index in [2.05, 4.69) is 10.2 Å². The average Bonchev–Trinajstić information content (AvgIpc) is 2.94. The van der Waals surface area contributed by atoms with Crippen LogP contribution in [0.25, 0.3) is 0 Å². The Morgan fingerprint density at radius 2 is 2.21 bits per heavy atom. The van der Waals surface area contributed by atoms with Crippen molar-refractivity contribution >= 4 is 5.91 Å². The number of nitrogens with one attached hydrogen (secondary N) is 1. The lowest BCUT2D eigenvalue weighted by Gasteiger charge is -2.21. The first kappa shape index (κ1) is 12.6. The van der Waals surface area contributed by atoms with Gasteiger partial charge in [-0.1, -0.05) is 6.07 Å². The summed E-state index contributed by atoms with van der Waals surface area (Å²) in [5, 5.41) is 3.01. The van der Waals surface area contributed by atoms with Crippen molar-refractivity contribution in [3.8, 4) is 0 Å². The Kier molecular flexibility index (Phi) is 3.27. The first-order chi connectivity index (χ1) is 9.15. The van der Waals surface area contributed by atoms with Crippen LogP contribution < -0.4 is 5.32 Å². The molecule has 2 unspecified atom stereocenters. The molecule has 1 aromatic carbocycles. The zero-order valence-electron chi connectivity index (χ0n) is 11.2. The minimum Gasteiger partial charge on any atom is -0.348 e. The maximum absolute atomic E-state index is 13.8. The normalized spacial score (nSPS) is 26.4. The molecule has 4 heteroatoms. The number of amides is 1. The molecule has 2 saturated heterocycles. The fraction of sp³-hybridized carbons (Fsp3) is 0.533. The molecule has 2 heterocycles. The van der Waals surface area contributed by atoms with Crippen LogP contribution in [0.3, 0.4) is 0 Å². The van der Waals surface area contributed by atoms with Crippen LogP contribution in [0.1, 0.15) is 35.2 Å². The van der Waals surface area contributed by atoms with Gasteiger partial charge in [-0.3, -0.25) is 9.69 Å². The van der Waals surface area contributed by atoms with Crippen molar-refractivity contribution in [2.24, 2.45) is 0 Å². The Bertz CT molecular complexity index is 503. The van der Waals surface area contributed by atoms with E-state index in [0.717, 1.165) is 31.5 Å². The molecule has 3 nitrogen and oxygen atoms in total. The predicted octanol–water partition coefficient (Wildman–Crippen LogP) is 2.10. The number of hydrogen-bond acceptors (Lipinski definition) is 2. The summed E-state index contributed by atoms with van der Waals surface area (Å²) in [5.74, 6) is -0.713. The summed E-state index contributed by atoms with van der Waals surface area (Å²) in [6.45, 7) is 4.00. The topological polar surface area (TPSA) is 32.3 Å². The number of rotatable bonds is 2. The van der Waals surface area contributed by atoms with E-state index in [1.54, 1.807) is 12.1 Å². The molecule has 1 aromatic rings. The average molecular weight is 262 g/mol. The zero-order chi connectivity index (χ0) is 13.4. The van der Waals surface area contributed by atoms with Gasteiger partial charge in [0.1, 0.15) is 5.82 Å². The maximum Gasteiger partial charge on any atom is 0.254 e. The second-order valence-electron chi connectivity index (χ2n) is 5.60. The predicted molar refractivity (Wildman–Crippen MR) is 71.6 cm³/mol. The third-order valence-electron chi connectivity index (χ3n) is 4.29. The van der Waals surface area contributed by atoms with Gasteiger partial charge in [0.05, 0.1) is 5.56 Å². The van der Waals surface area contributed by atoms with Gasteiger partial charge < -0.3 is 5.32 Å². The molecule has 3 rings (SSSR count). The van der Waals surface area contributed by atoms with E-state index in [1.807, 2.05) is 6.92 Å². The second kappa shape index (κ2) is 4.93. The maximum atomic E-state index is 13.8. The fourth-order valence-corrected chi connectivity index (χ4v) is 3.30. The fourth-order valence-electron chi connectivity index (χ4n) is 3.30. The molecule has 2 aliphatic rings. The molecular weight excluding hydrogens is 243 g/mol. The molecule has 2 aliphatic heterocycles. The Morgan fingerprint density at radius 3 is 3.00 bits per heavy atom. The van der Waals surface area contributed by atoms with Gasteiger partial charge in [-0.2, -0.15) is 0 Å². The standard InChI is InChI=1S/C15H19FN2O/c1-10-4-5-11(12(16)9-10)15(19)17-13-6-8-18-7-2-3-14(13)18/h4-5,9,13-14H,2-3,6-8H2,1H3,(H,17,19). The largest absolute Gasteiger partial charge is 0.348 e. The Morgan fingerprint density at radius 1 is 1.37 bits per heavy atom. The Labute approximate surface area is 112 Å². The summed E-state index contributed by atoms with van der Waals surface area (Å²) in [6, 6.07) is 5.38. The van der Waals surface area contributed by atoms with Crippen molar-refractivity contribution < 1.29 is 9.18 Å². The van der Waals surface area contributed by atoms with Crippen LogP contribution in [-0.4, -0.2) is 36.0 Å². The van der Waals surface area contributed by atoms with Gasteiger partial charge in [0.2, 0.25) is 0 Å². The lowest BCUT2D eigenvalue weighted by atomic mass is 10.1. The molecule has 0 aliphatic carbocycles. The van der Waals surface area contributed by atoms with Gasteiger partial charge >= 0.3 is 0 Å². The van der Waals surface area contributed by atoms with E-state index in [0.29, 0.717) is 6.04 Å². The lowest BCUT2D eigenvalue weighted by Crippen LogP contribution is -2.42. The number of aryl methyl sites for hydroxylation is 1. The summed E-state index contributed by atoms with van der Waals surface area (Å²) in [5.41, 5.74) is 0.985. The molecule has 19 heavy (non-hydrogen) atoms. The number of fused-ring (bicyclic) bond motifs is 1. The first-order valence-electron chi connectivity index (χ1n) is 6.96. The van der Waals surface area contributed by atoms with Crippen molar-refractivity contribution in [2.75, 3.05) is 13.1 Å². The summed E-state index contributed by atoms with van der Waals surface area (Å²) in [4.78, 5) is 14.6. The number of benzene rings is 1. The van der Waals surface area contributed by atoms with Crippen molar-refractivity contribution in [3.63, 3.8) is 0 Å². The SMILES string of the molecule is Cc1ccc(C(=O)NC2CCN3CCCC23)c(F)c1. The summed E-state index contributed by atoms with van der Waals surface area (Å²) in [6.07, 6.45) is 3.32. The Balaban J connectivity index is 1.71. The van der Waals surface area contributed by atoms with Gasteiger partial charge in [-0.05, 0) is 50.4 Å². The highest BCUT2D eigenvalue weighted by molar-refractivity contribution is 5.94. The van der Waals surface area contributed by atoms with E-state index in [-0.39, 0.29) is 17.5 Å². The number of hydrogen-bond donors (Lipinski definition) is 1. The van der Waals surface area contributed by atoms with E-state index >= 15 is 0 Å². The van der Waals surface area contributed by atoms with Gasteiger partial charge in [0.25, 0.3) is 5.91 Å². The molecule has 102 valence electrons. The molecule has 0 saturated carbocycles. The number of carbonyl (C=O) groups is 1. The quantitative estimate of drug-likeness (QED) is 0.885. The molecule has 2 atom stereocenters. The number of nitrogens with zero attached hydrogens (tertiary/aromatic N) is 1. The van der Waals surface area contributed by atoms with Crippen LogP contribution >= 0.6 is 0 Å². The van der Waals surface area contributed by atoms with Crippen molar-refractivity contribution in [3.05, 3.63) is 35.1 Å². The van der Waals surface area contributed by atoms with Gasteiger partial charge in [0.15, 0.2) is 0 Å². The van der Waals surface area contributed by atoms with Crippen LogP contribution in [0.2, 0.25) is 0 Å². The first-order valence-corrected chi connectivity index (χ1v) is 6.96. The highest BCUT2D eigenvalue weighted by Crippen LogP contribution is 2.28. The van der Waals surface area contributed by atoms with Crippen LogP contribution in [0.15, 0.2) is 18.2 Å². The molecule has 1 N–H and O–H groups in total. The molecule has 0 radical (unpaired) electrons. The molecule has 1 amide bonds. The summed E-state index contributed by atoms with van der Waals surface area (Å²) < 4.78 is 13.8. The number of halogens is 1. The molecule has 0 aromatic heterocycles. The molecule has 0 spiro atoms. The summed E-state index contributed by atoms with van der Waals surface area (Å²) in [7, 11) is 0. The van der Waals surface area contributed by atoms with Gasteiger partial charge in [-0.25, -0.2) is 4.39 Å². The van der Waals surface area contributed by atoms with Crippen LogP contribution in [0.4, 0.5) is 4.39 Å². The number of carbonyl (C=O) groups excluding carboxylic acids is 1. The smallest absolute Gasteiger partial charge is 0.254 e. The highest BCUT2D eigenvalue weighted by Gasteiger charge is 2.38. The van der Waals surface area contributed by atoms with Crippen LogP contribution in [0.5, 0.6) is 0 Å². The summed E-state index contributed by atoms with van der Waals surface area (Å²) >= 11 is 0. The second-order valence-corrected chi connectivity index (χ2v) is 5.60. The molecule has 0 bridgehead atoms. The lowest BCUT2D eigenvalue weighted by molar-refractivity contribution is 0.0925. The third-order valence-corrected chi connectivity index (χ3v) is 4.29. The van der Waals surface area contributed by atoms with E-state index in [9.17, 15) is 9.18 Å². The van der Waals surface area contributed by atoms with E-state index in [4.69, 9.17) is 0 Å². The van der Waals surface area contributed by atoms with Crippen molar-refractivity contribution in [2.45, 2.75) is 38.3 Å². The van der Waals surface area contributed by atoms with Crippen LogP contribution in [-0.2, 0) is 0 Å². The van der Waals surface area contributed by atoms with Crippen molar-refractivity contribution in [1.29, 1.82) is 0 Å². The monoisotopic (exact) mass is 262 g/mol. The van der Waals surface area contributed by atoms with Crippen molar-refractivity contribution in [1.82, 2.24) is 10.2 Å². The third kappa shape index (κ3) is 2.37. The van der Waals surface area contributed by atoms with Gasteiger partial charge in [-0.15, -0.1) is 0 Å². The minimum absolute atomic E-state index is 0.155. The zero-order valence-corrected chi connectivity index (χ0v) is 11.2. The van der Waals surface area contributed by atoms with E-state index in [1.165, 1.54) is 12.5 Å². The van der Waals surface area contributed by atoms with Gasteiger partial charge in [0, 0.05) is 18.6 Å². The van der Waals surface area contributed by atoms with Crippen LogP contribution in [0, 0.1) is 12.7 Å². The minimum atomic E-state index is -0.432. The Hall–Kier alpha value is -1.42. The van der Waals surface area contributed by atoms with E-state index < -0.39 is 5.82 Å².